The van der Waals surface area contributed by atoms with Crippen molar-refractivity contribution in [3.63, 3.8) is 0 Å². The molecule has 0 unspecified atom stereocenters. The number of nitrogens with zero attached hydrogens (tertiary/aromatic N) is 1. The van der Waals surface area contributed by atoms with Crippen LogP contribution in [0.25, 0.3) is 0 Å². The van der Waals surface area contributed by atoms with Crippen LogP contribution in [0.5, 0.6) is 0 Å². The summed E-state index contributed by atoms with van der Waals surface area (Å²) < 4.78 is 53.2. The van der Waals surface area contributed by atoms with Crippen LogP contribution in [0.2, 0.25) is 10.0 Å². The zero-order chi connectivity index (χ0) is 26.7. The molecule has 36 heavy (non-hydrogen) atoms. The molecule has 2 N–H and O–H groups in total. The Balaban J connectivity index is 1.74. The highest BCUT2D eigenvalue weighted by Crippen LogP contribution is 2.25. The molecule has 0 spiro atoms. The Hall–Kier alpha value is -3.12. The number of carbonyl (C=O) groups excluding carboxylic acids is 2. The van der Waals surface area contributed by atoms with E-state index in [4.69, 9.17) is 23.2 Å². The lowest BCUT2D eigenvalue weighted by Crippen LogP contribution is -2.37. The van der Waals surface area contributed by atoms with Gasteiger partial charge in [0.1, 0.15) is 6.54 Å². The summed E-state index contributed by atoms with van der Waals surface area (Å²) in [6.45, 7) is 0.789. The van der Waals surface area contributed by atoms with Crippen molar-refractivity contribution in [3.05, 3.63) is 82.3 Å². The fourth-order valence-electron chi connectivity index (χ4n) is 3.16. The van der Waals surface area contributed by atoms with E-state index in [0.717, 1.165) is 10.6 Å². The maximum absolute atomic E-state index is 12.7. The number of anilines is 3. The van der Waals surface area contributed by atoms with E-state index in [9.17, 15) is 26.4 Å². The Bertz CT molecular complexity index is 1510. The second-order valence-electron chi connectivity index (χ2n) is 7.71. The number of ketones is 1. The molecule has 0 aliphatic carbocycles. The highest BCUT2D eigenvalue weighted by Gasteiger charge is 2.22. The topological polar surface area (TPSA) is 130 Å². The smallest absolute Gasteiger partial charge is 0.261 e. The molecule has 13 heteroatoms. The van der Waals surface area contributed by atoms with Crippen LogP contribution in [0.15, 0.2) is 71.6 Å². The summed E-state index contributed by atoms with van der Waals surface area (Å²) in [5.74, 6) is -0.923. The first-order valence-electron chi connectivity index (χ1n) is 10.2. The van der Waals surface area contributed by atoms with E-state index in [1.54, 1.807) is 0 Å². The predicted molar refractivity (Wildman–Crippen MR) is 141 cm³/mol. The number of hydrogen-bond acceptors (Lipinski definition) is 6. The minimum atomic E-state index is -3.97. The summed E-state index contributed by atoms with van der Waals surface area (Å²) in [5, 5.41) is 3.05. The molecule has 0 bridgehead atoms. The van der Waals surface area contributed by atoms with Crippen LogP contribution < -0.4 is 14.3 Å². The average molecular weight is 570 g/mol. The molecule has 0 atom stereocenters. The van der Waals surface area contributed by atoms with Gasteiger partial charge >= 0.3 is 0 Å². The Labute approximate surface area is 219 Å². The third kappa shape index (κ3) is 7.20. The van der Waals surface area contributed by atoms with Crippen LogP contribution >= 0.6 is 23.2 Å². The molecule has 3 aromatic carbocycles. The Morgan fingerprint density at radius 2 is 1.47 bits per heavy atom. The summed E-state index contributed by atoms with van der Waals surface area (Å²) >= 11 is 11.8. The van der Waals surface area contributed by atoms with Crippen LogP contribution in [0.4, 0.5) is 17.1 Å². The molecule has 0 radical (unpaired) electrons. The first kappa shape index (κ1) is 27.5. The maximum atomic E-state index is 12.7. The molecule has 0 heterocycles. The van der Waals surface area contributed by atoms with E-state index in [1.807, 2.05) is 0 Å². The summed E-state index contributed by atoms with van der Waals surface area (Å²) in [4.78, 5) is 24.2. The molecule has 0 saturated heterocycles. The SMILES string of the molecule is CC(=O)c1cccc(N(CC(=O)Nc2ccc(S(=O)(=O)Nc3cc(Cl)cc(Cl)c3)cc2)S(C)(=O)=O)c1. The first-order valence-corrected chi connectivity index (χ1v) is 14.3. The highest BCUT2D eigenvalue weighted by atomic mass is 35.5. The van der Waals surface area contributed by atoms with Crippen molar-refractivity contribution in [1.29, 1.82) is 0 Å². The van der Waals surface area contributed by atoms with E-state index in [-0.39, 0.29) is 37.8 Å². The maximum Gasteiger partial charge on any atom is 0.261 e. The lowest BCUT2D eigenvalue weighted by molar-refractivity contribution is -0.114. The number of rotatable bonds is 9. The number of halogens is 2. The lowest BCUT2D eigenvalue weighted by atomic mass is 10.1. The molecule has 190 valence electrons. The summed E-state index contributed by atoms with van der Waals surface area (Å²) in [5.41, 5.74) is 0.885. The van der Waals surface area contributed by atoms with E-state index < -0.39 is 32.5 Å². The Morgan fingerprint density at radius 3 is 2.03 bits per heavy atom. The number of nitrogens with one attached hydrogen (secondary N) is 2. The lowest BCUT2D eigenvalue weighted by Gasteiger charge is -2.22. The zero-order valence-corrected chi connectivity index (χ0v) is 22.2. The van der Waals surface area contributed by atoms with Gasteiger partial charge in [0, 0.05) is 21.3 Å². The molecule has 0 aromatic heterocycles. The molecule has 0 fully saturated rings. The summed E-state index contributed by atoms with van der Waals surface area (Å²) in [6, 6.07) is 15.4. The van der Waals surface area contributed by atoms with Crippen molar-refractivity contribution < 1.29 is 26.4 Å². The van der Waals surface area contributed by atoms with Gasteiger partial charge in [-0.05, 0) is 61.5 Å². The molecule has 3 rings (SSSR count). The van der Waals surface area contributed by atoms with Gasteiger partial charge in [-0.2, -0.15) is 0 Å². The normalized spacial score (nSPS) is 11.6. The van der Waals surface area contributed by atoms with Crippen LogP contribution in [-0.2, 0) is 24.8 Å². The Kier molecular flexibility index (Phi) is 8.29. The first-order chi connectivity index (χ1) is 16.7. The van der Waals surface area contributed by atoms with Gasteiger partial charge < -0.3 is 5.32 Å². The minimum absolute atomic E-state index is 0.0876. The van der Waals surface area contributed by atoms with Crippen LogP contribution in [0, 0.1) is 0 Å². The van der Waals surface area contributed by atoms with E-state index in [0.29, 0.717) is 5.56 Å². The van der Waals surface area contributed by atoms with E-state index in [1.165, 1.54) is 73.7 Å². The third-order valence-corrected chi connectivity index (χ3v) is 7.77. The average Bonchev–Trinajstić information content (AvgIpc) is 2.76. The quantitative estimate of drug-likeness (QED) is 0.367. The standard InChI is InChI=1S/C23H21Cl2N3O6S2/c1-15(29)16-4-3-5-21(10-16)28(35(2,31)32)14-23(30)26-19-6-8-22(9-7-19)36(33,34)27-20-12-17(24)11-18(25)13-20/h3-13,27H,14H2,1-2H3,(H,26,30). The van der Waals surface area contributed by atoms with E-state index in [2.05, 4.69) is 10.0 Å². The van der Waals surface area contributed by atoms with Crippen LogP contribution in [0.3, 0.4) is 0 Å². The Morgan fingerprint density at radius 1 is 0.861 bits per heavy atom. The van der Waals surface area contributed by atoms with Gasteiger partial charge in [0.2, 0.25) is 15.9 Å². The fourth-order valence-corrected chi connectivity index (χ4v) is 5.57. The van der Waals surface area contributed by atoms with Crippen molar-refractivity contribution in [2.75, 3.05) is 27.1 Å². The fraction of sp³-hybridized carbons (Fsp3) is 0.130. The molecule has 0 aliphatic heterocycles. The van der Waals surface area contributed by atoms with Crippen LogP contribution in [0.1, 0.15) is 17.3 Å². The van der Waals surface area contributed by atoms with Crippen molar-refractivity contribution in [3.8, 4) is 0 Å². The largest absolute Gasteiger partial charge is 0.325 e. The van der Waals surface area contributed by atoms with Crippen molar-refractivity contribution >= 4 is 72.0 Å². The predicted octanol–water partition coefficient (Wildman–Crippen LogP) is 4.40. The van der Waals surface area contributed by atoms with Gasteiger partial charge in [-0.15, -0.1) is 0 Å². The number of hydrogen-bond donors (Lipinski definition) is 2. The highest BCUT2D eigenvalue weighted by molar-refractivity contribution is 7.92. The molecule has 1 amide bonds. The van der Waals surface area contributed by atoms with Gasteiger partial charge in [-0.3, -0.25) is 18.6 Å². The van der Waals surface area contributed by atoms with Crippen molar-refractivity contribution in [2.45, 2.75) is 11.8 Å². The zero-order valence-electron chi connectivity index (χ0n) is 19.0. The molecule has 9 nitrogen and oxygen atoms in total. The molecular weight excluding hydrogens is 549 g/mol. The number of benzene rings is 3. The van der Waals surface area contributed by atoms with Gasteiger partial charge in [0.25, 0.3) is 10.0 Å². The van der Waals surface area contributed by atoms with Crippen molar-refractivity contribution in [1.82, 2.24) is 0 Å². The van der Waals surface area contributed by atoms with Crippen molar-refractivity contribution in [2.24, 2.45) is 0 Å². The number of Topliss-reactive ketones (excluding diaryl/α,β-unsaturated/α-hetero) is 1. The minimum Gasteiger partial charge on any atom is -0.325 e. The third-order valence-electron chi connectivity index (χ3n) is 4.79. The molecule has 0 saturated carbocycles. The van der Waals surface area contributed by atoms with Gasteiger partial charge in [-0.25, -0.2) is 16.8 Å². The van der Waals surface area contributed by atoms with Gasteiger partial charge in [-0.1, -0.05) is 35.3 Å². The van der Waals surface area contributed by atoms with E-state index >= 15 is 0 Å². The number of sulfonamides is 2. The second kappa shape index (κ2) is 10.9. The molecule has 0 aliphatic rings. The summed E-state index contributed by atoms with van der Waals surface area (Å²) in [7, 11) is -7.83. The molecular formula is C23H21Cl2N3O6S2. The monoisotopic (exact) mass is 569 g/mol. The number of amides is 1. The molecule has 3 aromatic rings. The summed E-state index contributed by atoms with van der Waals surface area (Å²) in [6.07, 6.45) is 0.945. The van der Waals surface area contributed by atoms with Gasteiger partial charge in [0.15, 0.2) is 5.78 Å². The second-order valence-corrected chi connectivity index (χ2v) is 12.2. The van der Waals surface area contributed by atoms with Crippen LogP contribution in [-0.4, -0.2) is 41.3 Å². The number of carbonyl (C=O) groups is 2. The van der Waals surface area contributed by atoms with Gasteiger partial charge in [0.05, 0.1) is 22.5 Å².